The summed E-state index contributed by atoms with van der Waals surface area (Å²) < 4.78 is 6.57. The van der Waals surface area contributed by atoms with Gasteiger partial charge in [0.05, 0.1) is 11.4 Å². The van der Waals surface area contributed by atoms with Crippen LogP contribution in [0.3, 0.4) is 0 Å². The second kappa shape index (κ2) is 6.68. The number of rotatable bonds is 4. The summed E-state index contributed by atoms with van der Waals surface area (Å²) in [5.74, 6) is 0.860. The molecule has 0 spiro atoms. The van der Waals surface area contributed by atoms with Crippen molar-refractivity contribution in [3.63, 3.8) is 0 Å². The fraction of sp³-hybridized carbons (Fsp3) is 0.438. The van der Waals surface area contributed by atoms with Gasteiger partial charge in [0, 0.05) is 37.3 Å². The molecule has 1 atom stereocenters. The summed E-state index contributed by atoms with van der Waals surface area (Å²) in [7, 11) is 1.64. The van der Waals surface area contributed by atoms with Crippen LogP contribution in [0.4, 0.5) is 10.5 Å². The van der Waals surface area contributed by atoms with Crippen molar-refractivity contribution in [2.24, 2.45) is 7.05 Å². The van der Waals surface area contributed by atoms with Gasteiger partial charge in [0.1, 0.15) is 5.76 Å². The van der Waals surface area contributed by atoms with E-state index >= 15 is 0 Å². The zero-order chi connectivity index (χ0) is 17.1. The van der Waals surface area contributed by atoms with Gasteiger partial charge in [-0.2, -0.15) is 0 Å². The molecular formula is C16H22N4O3. The predicted octanol–water partition coefficient (Wildman–Crippen LogP) is 2.22. The molecule has 2 N–H and O–H groups in total. The predicted molar refractivity (Wildman–Crippen MR) is 87.8 cm³/mol. The molecular weight excluding hydrogens is 296 g/mol. The molecule has 2 aromatic heterocycles. The Hall–Kier alpha value is -2.57. The van der Waals surface area contributed by atoms with Crippen LogP contribution in [-0.2, 0) is 7.05 Å². The lowest BCUT2D eigenvalue weighted by atomic mass is 10.00. The largest absolute Gasteiger partial charge is 0.361 e. The Kier molecular flexibility index (Phi) is 4.88. The summed E-state index contributed by atoms with van der Waals surface area (Å²) in [6.45, 7) is 7.99. The van der Waals surface area contributed by atoms with Crippen LogP contribution in [0.5, 0.6) is 0 Å². The van der Waals surface area contributed by atoms with E-state index in [0.29, 0.717) is 12.2 Å². The summed E-state index contributed by atoms with van der Waals surface area (Å²) >= 11 is 0. The van der Waals surface area contributed by atoms with Crippen molar-refractivity contribution >= 4 is 11.7 Å². The SMILES string of the molecule is Cc1cc(=O)n(C)cc1NC(=O)NC[C@@H](C)c1c(C)noc1C. The molecule has 2 rings (SSSR count). The van der Waals surface area contributed by atoms with Gasteiger partial charge >= 0.3 is 6.03 Å². The lowest BCUT2D eigenvalue weighted by Crippen LogP contribution is -2.32. The van der Waals surface area contributed by atoms with Gasteiger partial charge in [-0.1, -0.05) is 12.1 Å². The first kappa shape index (κ1) is 16.8. The van der Waals surface area contributed by atoms with E-state index in [1.807, 2.05) is 20.8 Å². The van der Waals surface area contributed by atoms with E-state index in [2.05, 4.69) is 15.8 Å². The van der Waals surface area contributed by atoms with Gasteiger partial charge in [0.15, 0.2) is 0 Å². The lowest BCUT2D eigenvalue weighted by Gasteiger charge is -2.14. The van der Waals surface area contributed by atoms with Crippen molar-refractivity contribution in [2.75, 3.05) is 11.9 Å². The molecule has 0 saturated heterocycles. The first-order valence-electron chi connectivity index (χ1n) is 7.44. The third kappa shape index (κ3) is 3.80. The van der Waals surface area contributed by atoms with Gasteiger partial charge in [0.2, 0.25) is 0 Å². The molecule has 0 aliphatic rings. The van der Waals surface area contributed by atoms with Crippen molar-refractivity contribution in [1.82, 2.24) is 15.0 Å². The maximum absolute atomic E-state index is 12.1. The smallest absolute Gasteiger partial charge is 0.319 e. The number of aryl methyl sites for hydroxylation is 4. The van der Waals surface area contributed by atoms with Crippen LogP contribution in [0.25, 0.3) is 0 Å². The highest BCUT2D eigenvalue weighted by Crippen LogP contribution is 2.22. The minimum atomic E-state index is -0.314. The zero-order valence-corrected chi connectivity index (χ0v) is 14.1. The summed E-state index contributed by atoms with van der Waals surface area (Å²) in [6.07, 6.45) is 1.61. The second-order valence-corrected chi connectivity index (χ2v) is 5.79. The van der Waals surface area contributed by atoms with Crippen LogP contribution in [0.15, 0.2) is 21.6 Å². The molecule has 2 heterocycles. The van der Waals surface area contributed by atoms with Gasteiger partial charge in [-0.25, -0.2) is 4.79 Å². The molecule has 7 nitrogen and oxygen atoms in total. The molecule has 2 aromatic rings. The van der Waals surface area contributed by atoms with E-state index < -0.39 is 0 Å². The lowest BCUT2D eigenvalue weighted by molar-refractivity contribution is 0.251. The number of hydrogen-bond donors (Lipinski definition) is 2. The number of aromatic nitrogens is 2. The van der Waals surface area contributed by atoms with Crippen molar-refractivity contribution < 1.29 is 9.32 Å². The molecule has 2 amide bonds. The number of pyridine rings is 1. The van der Waals surface area contributed by atoms with Crippen LogP contribution in [0.1, 0.15) is 35.4 Å². The number of carbonyl (C=O) groups is 1. The van der Waals surface area contributed by atoms with Gasteiger partial charge in [-0.15, -0.1) is 0 Å². The molecule has 0 fully saturated rings. The molecule has 0 aromatic carbocycles. The highest BCUT2D eigenvalue weighted by Gasteiger charge is 2.17. The Balaban J connectivity index is 1.98. The molecule has 0 aliphatic carbocycles. The van der Waals surface area contributed by atoms with E-state index in [1.54, 1.807) is 20.2 Å². The molecule has 0 aliphatic heterocycles. The quantitative estimate of drug-likeness (QED) is 0.904. The van der Waals surface area contributed by atoms with E-state index in [0.717, 1.165) is 22.6 Å². The molecule has 124 valence electrons. The van der Waals surface area contributed by atoms with Crippen molar-refractivity contribution in [3.05, 3.63) is 45.2 Å². The standard InChI is InChI=1S/C16H22N4O3/c1-9-6-14(21)20(5)8-13(9)18-16(22)17-7-10(2)15-11(3)19-23-12(15)4/h6,8,10H,7H2,1-5H3,(H2,17,18,22)/t10-/m1/s1. The zero-order valence-electron chi connectivity index (χ0n) is 14.1. The topological polar surface area (TPSA) is 89.2 Å². The number of carbonyl (C=O) groups excluding carboxylic acids is 1. The Morgan fingerprint density at radius 2 is 2.09 bits per heavy atom. The van der Waals surface area contributed by atoms with Crippen molar-refractivity contribution in [2.45, 2.75) is 33.6 Å². The highest BCUT2D eigenvalue weighted by atomic mass is 16.5. The van der Waals surface area contributed by atoms with Gasteiger partial charge in [-0.05, 0) is 26.3 Å². The van der Waals surface area contributed by atoms with E-state index in [4.69, 9.17) is 4.52 Å². The normalized spacial score (nSPS) is 12.0. The number of anilines is 1. The van der Waals surface area contributed by atoms with Crippen LogP contribution in [0, 0.1) is 20.8 Å². The monoisotopic (exact) mass is 318 g/mol. The summed E-state index contributed by atoms with van der Waals surface area (Å²) in [5.41, 5.74) is 3.08. The van der Waals surface area contributed by atoms with E-state index in [9.17, 15) is 9.59 Å². The highest BCUT2D eigenvalue weighted by molar-refractivity contribution is 5.89. The molecule has 7 heteroatoms. The summed E-state index contributed by atoms with van der Waals surface area (Å²) in [5, 5.41) is 9.51. The summed E-state index contributed by atoms with van der Waals surface area (Å²) in [4.78, 5) is 23.6. The van der Waals surface area contributed by atoms with Crippen molar-refractivity contribution in [1.29, 1.82) is 0 Å². The van der Waals surface area contributed by atoms with E-state index in [1.165, 1.54) is 10.6 Å². The Bertz CT molecular complexity index is 757. The van der Waals surface area contributed by atoms with Crippen LogP contribution in [0.2, 0.25) is 0 Å². The molecule has 0 radical (unpaired) electrons. The number of nitrogens with zero attached hydrogens (tertiary/aromatic N) is 2. The number of urea groups is 1. The number of amides is 2. The molecule has 0 bridgehead atoms. The maximum atomic E-state index is 12.1. The minimum Gasteiger partial charge on any atom is -0.361 e. The van der Waals surface area contributed by atoms with E-state index in [-0.39, 0.29) is 17.5 Å². The first-order chi connectivity index (χ1) is 10.8. The number of nitrogens with one attached hydrogen (secondary N) is 2. The second-order valence-electron chi connectivity index (χ2n) is 5.79. The van der Waals surface area contributed by atoms with Gasteiger partial charge in [-0.3, -0.25) is 4.79 Å². The third-order valence-corrected chi connectivity index (χ3v) is 3.83. The Morgan fingerprint density at radius 1 is 1.39 bits per heavy atom. The third-order valence-electron chi connectivity index (χ3n) is 3.83. The minimum absolute atomic E-state index is 0.0909. The van der Waals surface area contributed by atoms with Crippen LogP contribution >= 0.6 is 0 Å². The molecule has 0 unspecified atom stereocenters. The fourth-order valence-electron chi connectivity index (χ4n) is 2.56. The van der Waals surface area contributed by atoms with Gasteiger partial charge < -0.3 is 19.7 Å². The van der Waals surface area contributed by atoms with Crippen LogP contribution in [-0.4, -0.2) is 22.3 Å². The fourth-order valence-corrected chi connectivity index (χ4v) is 2.56. The molecule has 23 heavy (non-hydrogen) atoms. The Labute approximate surface area is 134 Å². The van der Waals surface area contributed by atoms with Crippen molar-refractivity contribution in [3.8, 4) is 0 Å². The molecule has 0 saturated carbocycles. The maximum Gasteiger partial charge on any atom is 0.319 e. The average molecular weight is 318 g/mol. The van der Waals surface area contributed by atoms with Crippen LogP contribution < -0.4 is 16.2 Å². The summed E-state index contributed by atoms with van der Waals surface area (Å²) in [6, 6.07) is 1.17. The Morgan fingerprint density at radius 3 is 2.70 bits per heavy atom. The number of hydrogen-bond acceptors (Lipinski definition) is 4. The first-order valence-corrected chi connectivity index (χ1v) is 7.44. The average Bonchev–Trinajstić information content (AvgIpc) is 2.81. The van der Waals surface area contributed by atoms with Gasteiger partial charge in [0.25, 0.3) is 5.56 Å².